The molecular weight excluding hydrogens is 247 g/mol. The SMILES string of the molecule is N#CCC(COc1cccc(F)c1)N1CCOCC1. The Hall–Kier alpha value is -1.64. The molecule has 0 aliphatic carbocycles. The molecule has 0 aromatic heterocycles. The second-order valence-electron chi connectivity index (χ2n) is 4.43. The Morgan fingerprint density at radius 3 is 2.89 bits per heavy atom. The predicted molar refractivity (Wildman–Crippen MR) is 68.3 cm³/mol. The fraction of sp³-hybridized carbons (Fsp3) is 0.500. The number of hydrogen-bond donors (Lipinski definition) is 0. The van der Waals surface area contributed by atoms with Crippen molar-refractivity contribution in [1.82, 2.24) is 4.90 Å². The number of benzene rings is 1. The van der Waals surface area contributed by atoms with E-state index in [1.807, 2.05) is 0 Å². The van der Waals surface area contributed by atoms with E-state index in [1.165, 1.54) is 12.1 Å². The molecule has 2 rings (SSSR count). The van der Waals surface area contributed by atoms with E-state index < -0.39 is 0 Å². The number of morpholine rings is 1. The molecule has 102 valence electrons. The van der Waals surface area contributed by atoms with Gasteiger partial charge in [0.2, 0.25) is 0 Å². The van der Waals surface area contributed by atoms with Crippen LogP contribution in [0.1, 0.15) is 6.42 Å². The maximum atomic E-state index is 13.0. The predicted octanol–water partition coefficient (Wildman–Crippen LogP) is 1.82. The normalized spacial score (nSPS) is 17.7. The van der Waals surface area contributed by atoms with Gasteiger partial charge in [-0.25, -0.2) is 4.39 Å². The van der Waals surface area contributed by atoms with Crippen LogP contribution in [0.25, 0.3) is 0 Å². The van der Waals surface area contributed by atoms with E-state index in [1.54, 1.807) is 12.1 Å². The standard InChI is InChI=1S/C14H17FN2O2/c15-12-2-1-3-14(10-12)19-11-13(4-5-16)17-6-8-18-9-7-17/h1-3,10,13H,4,6-9,11H2. The monoisotopic (exact) mass is 264 g/mol. The summed E-state index contributed by atoms with van der Waals surface area (Å²) in [5.41, 5.74) is 0. The highest BCUT2D eigenvalue weighted by atomic mass is 19.1. The zero-order valence-electron chi connectivity index (χ0n) is 10.7. The molecule has 19 heavy (non-hydrogen) atoms. The lowest BCUT2D eigenvalue weighted by Crippen LogP contribution is -2.46. The summed E-state index contributed by atoms with van der Waals surface area (Å²) in [7, 11) is 0. The molecule has 1 aliphatic heterocycles. The van der Waals surface area contributed by atoms with Crippen molar-refractivity contribution in [1.29, 1.82) is 5.26 Å². The lowest BCUT2D eigenvalue weighted by atomic mass is 10.2. The Balaban J connectivity index is 1.91. The molecule has 0 amide bonds. The summed E-state index contributed by atoms with van der Waals surface area (Å²) >= 11 is 0. The molecule has 1 aliphatic rings. The average molecular weight is 264 g/mol. The largest absolute Gasteiger partial charge is 0.492 e. The number of nitriles is 1. The quantitative estimate of drug-likeness (QED) is 0.813. The minimum Gasteiger partial charge on any atom is -0.492 e. The van der Waals surface area contributed by atoms with Crippen molar-refractivity contribution >= 4 is 0 Å². The molecule has 1 unspecified atom stereocenters. The van der Waals surface area contributed by atoms with Crippen molar-refractivity contribution < 1.29 is 13.9 Å². The van der Waals surface area contributed by atoms with E-state index in [4.69, 9.17) is 14.7 Å². The first-order valence-electron chi connectivity index (χ1n) is 6.36. The summed E-state index contributed by atoms with van der Waals surface area (Å²) < 4.78 is 23.9. The van der Waals surface area contributed by atoms with E-state index in [0.29, 0.717) is 32.0 Å². The summed E-state index contributed by atoms with van der Waals surface area (Å²) in [6, 6.07) is 8.25. The first-order valence-corrected chi connectivity index (χ1v) is 6.36. The number of ether oxygens (including phenoxy) is 2. The van der Waals surface area contributed by atoms with Crippen LogP contribution in [-0.4, -0.2) is 43.9 Å². The van der Waals surface area contributed by atoms with Crippen LogP contribution >= 0.6 is 0 Å². The summed E-state index contributed by atoms with van der Waals surface area (Å²) in [5, 5.41) is 8.89. The summed E-state index contributed by atoms with van der Waals surface area (Å²) in [6.07, 6.45) is 0.398. The minimum atomic E-state index is -0.319. The lowest BCUT2D eigenvalue weighted by Gasteiger charge is -2.33. The number of nitrogens with zero attached hydrogens (tertiary/aromatic N) is 2. The van der Waals surface area contributed by atoms with Crippen LogP contribution in [-0.2, 0) is 4.74 Å². The van der Waals surface area contributed by atoms with Crippen molar-refractivity contribution in [2.75, 3.05) is 32.9 Å². The van der Waals surface area contributed by atoms with Gasteiger partial charge in [0.25, 0.3) is 0 Å². The van der Waals surface area contributed by atoms with E-state index in [9.17, 15) is 4.39 Å². The third-order valence-corrected chi connectivity index (χ3v) is 3.13. The Labute approximate surface area is 112 Å². The summed E-state index contributed by atoms with van der Waals surface area (Å²) in [4.78, 5) is 2.19. The molecule has 1 saturated heterocycles. The summed E-state index contributed by atoms with van der Waals surface area (Å²) in [5.74, 6) is 0.178. The van der Waals surface area contributed by atoms with Gasteiger partial charge in [0.15, 0.2) is 0 Å². The Morgan fingerprint density at radius 1 is 1.42 bits per heavy atom. The van der Waals surface area contributed by atoms with Gasteiger partial charge in [-0.1, -0.05) is 6.07 Å². The van der Waals surface area contributed by atoms with Gasteiger partial charge < -0.3 is 9.47 Å². The topological polar surface area (TPSA) is 45.5 Å². The molecule has 4 nitrogen and oxygen atoms in total. The maximum Gasteiger partial charge on any atom is 0.126 e. The molecule has 5 heteroatoms. The molecule has 1 atom stereocenters. The van der Waals surface area contributed by atoms with E-state index in [2.05, 4.69) is 11.0 Å². The van der Waals surface area contributed by atoms with Crippen LogP contribution in [0.5, 0.6) is 5.75 Å². The molecule has 0 spiro atoms. The first-order chi connectivity index (χ1) is 9.29. The minimum absolute atomic E-state index is 0.0252. The van der Waals surface area contributed by atoms with Crippen LogP contribution in [0.3, 0.4) is 0 Å². The van der Waals surface area contributed by atoms with Crippen molar-refractivity contribution in [2.45, 2.75) is 12.5 Å². The smallest absolute Gasteiger partial charge is 0.126 e. The van der Waals surface area contributed by atoms with E-state index >= 15 is 0 Å². The second-order valence-corrected chi connectivity index (χ2v) is 4.43. The Kier molecular flexibility index (Phi) is 5.13. The maximum absolute atomic E-state index is 13.0. The molecule has 1 fully saturated rings. The van der Waals surface area contributed by atoms with Gasteiger partial charge in [-0.05, 0) is 12.1 Å². The van der Waals surface area contributed by atoms with Gasteiger partial charge in [0.05, 0.1) is 31.7 Å². The fourth-order valence-corrected chi connectivity index (χ4v) is 2.09. The van der Waals surface area contributed by atoms with Crippen molar-refractivity contribution in [3.63, 3.8) is 0 Å². The highest BCUT2D eigenvalue weighted by Gasteiger charge is 2.21. The van der Waals surface area contributed by atoms with Crippen molar-refractivity contribution in [2.24, 2.45) is 0 Å². The second kappa shape index (κ2) is 7.07. The van der Waals surface area contributed by atoms with Gasteiger partial charge in [0, 0.05) is 19.2 Å². The van der Waals surface area contributed by atoms with Crippen LogP contribution in [0.4, 0.5) is 4.39 Å². The van der Waals surface area contributed by atoms with Crippen LogP contribution in [0.15, 0.2) is 24.3 Å². The lowest BCUT2D eigenvalue weighted by molar-refractivity contribution is 0.00713. The highest BCUT2D eigenvalue weighted by Crippen LogP contribution is 2.14. The van der Waals surface area contributed by atoms with Crippen molar-refractivity contribution in [3.8, 4) is 11.8 Å². The summed E-state index contributed by atoms with van der Waals surface area (Å²) in [6.45, 7) is 3.36. The molecule has 1 heterocycles. The van der Waals surface area contributed by atoms with Gasteiger partial charge in [-0.15, -0.1) is 0 Å². The van der Waals surface area contributed by atoms with Gasteiger partial charge in [-0.3, -0.25) is 4.90 Å². The van der Waals surface area contributed by atoms with Crippen LogP contribution < -0.4 is 4.74 Å². The molecule has 0 saturated carbocycles. The third-order valence-electron chi connectivity index (χ3n) is 3.13. The number of hydrogen-bond acceptors (Lipinski definition) is 4. The fourth-order valence-electron chi connectivity index (χ4n) is 2.09. The van der Waals surface area contributed by atoms with Crippen LogP contribution in [0, 0.1) is 17.1 Å². The molecule has 1 aromatic carbocycles. The highest BCUT2D eigenvalue weighted by molar-refractivity contribution is 5.22. The third kappa shape index (κ3) is 4.19. The molecular formula is C14H17FN2O2. The van der Waals surface area contributed by atoms with E-state index in [0.717, 1.165) is 13.1 Å². The van der Waals surface area contributed by atoms with Gasteiger partial charge >= 0.3 is 0 Å². The van der Waals surface area contributed by atoms with E-state index in [-0.39, 0.29) is 11.9 Å². The van der Waals surface area contributed by atoms with Crippen LogP contribution in [0.2, 0.25) is 0 Å². The first kappa shape index (κ1) is 13.8. The average Bonchev–Trinajstić information content (AvgIpc) is 2.44. The molecule has 1 aromatic rings. The molecule has 0 radical (unpaired) electrons. The van der Waals surface area contributed by atoms with Crippen molar-refractivity contribution in [3.05, 3.63) is 30.1 Å². The molecule has 0 bridgehead atoms. The number of halogens is 1. The molecule has 0 N–H and O–H groups in total. The zero-order valence-corrected chi connectivity index (χ0v) is 10.7. The number of rotatable bonds is 5. The van der Waals surface area contributed by atoms with Gasteiger partial charge in [0.1, 0.15) is 18.2 Å². The Bertz CT molecular complexity index is 441. The van der Waals surface area contributed by atoms with Gasteiger partial charge in [-0.2, -0.15) is 5.26 Å². The zero-order chi connectivity index (χ0) is 13.5. The Morgan fingerprint density at radius 2 is 2.21 bits per heavy atom.